The molecule has 0 aliphatic rings. The van der Waals surface area contributed by atoms with Crippen molar-refractivity contribution in [3.8, 4) is 5.13 Å². The summed E-state index contributed by atoms with van der Waals surface area (Å²) < 4.78 is 6.90. The number of rotatable bonds is 1. The molecular weight excluding hydrogens is 287 g/mol. The van der Waals surface area contributed by atoms with Gasteiger partial charge in [-0.25, -0.2) is 9.67 Å². The molecule has 0 amide bonds. The Balaban J connectivity index is 2.43. The second-order valence-electron chi connectivity index (χ2n) is 2.23. The van der Waals surface area contributed by atoms with Gasteiger partial charge in [0, 0.05) is 17.7 Å². The Morgan fingerprint density at radius 2 is 2.42 bits per heavy atom. The summed E-state index contributed by atoms with van der Waals surface area (Å²) in [6.45, 7) is 1.87. The Morgan fingerprint density at radius 3 is 2.92 bits per heavy atom. The maximum absolute atomic E-state index is 4.20. The van der Waals surface area contributed by atoms with Crippen LogP contribution in [0.5, 0.6) is 0 Å². The fraction of sp³-hybridized carbons (Fsp3) is 0.167. The molecule has 0 unspecified atom stereocenters. The summed E-state index contributed by atoms with van der Waals surface area (Å²) >= 11 is 3.56. The Labute approximate surface area is 86.9 Å². The summed E-state index contributed by atoms with van der Waals surface area (Å²) in [5.41, 5.74) is 0. The third-order valence-electron chi connectivity index (χ3n) is 1.26. The van der Waals surface area contributed by atoms with Gasteiger partial charge in [-0.2, -0.15) is 9.47 Å². The first-order valence-corrected chi connectivity index (χ1v) is 5.12. The van der Waals surface area contributed by atoms with Crippen LogP contribution in [-0.4, -0.2) is 19.1 Å². The summed E-state index contributed by atoms with van der Waals surface area (Å²) in [5.74, 6) is 0.792. The maximum atomic E-state index is 4.20. The van der Waals surface area contributed by atoms with Crippen molar-refractivity contribution in [3.63, 3.8) is 0 Å². The lowest BCUT2D eigenvalue weighted by molar-refractivity contribution is 0.863. The summed E-state index contributed by atoms with van der Waals surface area (Å²) in [6, 6.07) is 0. The van der Waals surface area contributed by atoms with Crippen molar-refractivity contribution in [2.24, 2.45) is 0 Å². The van der Waals surface area contributed by atoms with Gasteiger partial charge in [0.15, 0.2) is 0 Å². The Hall–Kier alpha value is -0.500. The number of halogens is 1. The Morgan fingerprint density at radius 1 is 1.58 bits per heavy atom. The van der Waals surface area contributed by atoms with E-state index in [9.17, 15) is 0 Å². The van der Waals surface area contributed by atoms with E-state index in [1.165, 1.54) is 11.5 Å². The zero-order chi connectivity index (χ0) is 8.55. The van der Waals surface area contributed by atoms with E-state index in [-0.39, 0.29) is 0 Å². The molecule has 0 saturated carbocycles. The van der Waals surface area contributed by atoms with Crippen LogP contribution >= 0.6 is 34.1 Å². The fourth-order valence-electron chi connectivity index (χ4n) is 0.785. The topological polar surface area (TPSA) is 43.6 Å². The Kier molecular flexibility index (Phi) is 2.09. The van der Waals surface area contributed by atoms with Gasteiger partial charge in [0.25, 0.3) is 0 Å². The lowest BCUT2D eigenvalue weighted by Gasteiger charge is -1.89. The van der Waals surface area contributed by atoms with E-state index in [2.05, 4.69) is 37.0 Å². The molecule has 0 bridgehead atoms. The predicted octanol–water partition coefficient (Wildman–Crippen LogP) is 1.64. The second-order valence-corrected chi connectivity index (χ2v) is 4.20. The van der Waals surface area contributed by atoms with Gasteiger partial charge in [0.1, 0.15) is 5.82 Å². The van der Waals surface area contributed by atoms with Gasteiger partial charge >= 0.3 is 0 Å². The van der Waals surface area contributed by atoms with Gasteiger partial charge in [0.2, 0.25) is 5.13 Å². The van der Waals surface area contributed by atoms with Crippen molar-refractivity contribution >= 4 is 34.1 Å². The molecule has 2 rings (SSSR count). The van der Waals surface area contributed by atoms with E-state index < -0.39 is 0 Å². The van der Waals surface area contributed by atoms with Gasteiger partial charge in [-0.1, -0.05) is 0 Å². The minimum Gasteiger partial charge on any atom is -0.211 e. The van der Waals surface area contributed by atoms with Crippen LogP contribution in [0.4, 0.5) is 0 Å². The zero-order valence-corrected chi connectivity index (χ0v) is 9.20. The molecule has 0 spiro atoms. The standard InChI is InChI=1S/C6H5IN4S/c1-4-9-6(12-10-4)11-3-5(7)2-8-11/h2-3H,1H3. The lowest BCUT2D eigenvalue weighted by atomic mass is 10.7. The molecule has 2 aromatic rings. The molecule has 0 atom stereocenters. The van der Waals surface area contributed by atoms with Crippen molar-refractivity contribution in [1.29, 1.82) is 0 Å². The highest BCUT2D eigenvalue weighted by Crippen LogP contribution is 2.11. The number of aryl methyl sites for hydroxylation is 1. The van der Waals surface area contributed by atoms with Crippen molar-refractivity contribution in [2.45, 2.75) is 6.92 Å². The molecule has 62 valence electrons. The van der Waals surface area contributed by atoms with Gasteiger partial charge < -0.3 is 0 Å². The molecule has 2 heterocycles. The monoisotopic (exact) mass is 292 g/mol. The van der Waals surface area contributed by atoms with Crippen LogP contribution in [0.3, 0.4) is 0 Å². The summed E-state index contributed by atoms with van der Waals surface area (Å²) in [5, 5.41) is 4.93. The van der Waals surface area contributed by atoms with Gasteiger partial charge in [-0.05, 0) is 29.5 Å². The second kappa shape index (κ2) is 3.09. The van der Waals surface area contributed by atoms with Crippen molar-refractivity contribution < 1.29 is 0 Å². The normalized spacial score (nSPS) is 10.5. The molecule has 0 N–H and O–H groups in total. The van der Waals surface area contributed by atoms with E-state index in [0.29, 0.717) is 0 Å². The van der Waals surface area contributed by atoms with Gasteiger partial charge in [-0.3, -0.25) is 0 Å². The highest BCUT2D eigenvalue weighted by atomic mass is 127. The van der Waals surface area contributed by atoms with Crippen molar-refractivity contribution in [2.75, 3.05) is 0 Å². The molecule has 0 saturated heterocycles. The van der Waals surface area contributed by atoms with E-state index in [1.807, 2.05) is 13.1 Å². The highest BCUT2D eigenvalue weighted by Gasteiger charge is 2.03. The summed E-state index contributed by atoms with van der Waals surface area (Å²) in [6.07, 6.45) is 3.71. The lowest BCUT2D eigenvalue weighted by Crippen LogP contribution is -1.92. The average molecular weight is 292 g/mol. The SMILES string of the molecule is Cc1nsc(-n2cc(I)cn2)n1. The molecule has 0 radical (unpaired) electrons. The molecule has 0 aromatic carbocycles. The van der Waals surface area contributed by atoms with Crippen LogP contribution in [0, 0.1) is 10.5 Å². The number of nitrogens with zero attached hydrogens (tertiary/aromatic N) is 4. The smallest absolute Gasteiger partial charge is 0.211 e. The first kappa shape index (κ1) is 8.11. The van der Waals surface area contributed by atoms with Crippen LogP contribution in [0.25, 0.3) is 5.13 Å². The third kappa shape index (κ3) is 1.48. The quantitative estimate of drug-likeness (QED) is 0.750. The van der Waals surface area contributed by atoms with E-state index in [0.717, 1.165) is 14.5 Å². The van der Waals surface area contributed by atoms with E-state index >= 15 is 0 Å². The molecule has 6 heteroatoms. The van der Waals surface area contributed by atoms with Crippen molar-refractivity contribution in [1.82, 2.24) is 19.1 Å². The molecule has 2 aromatic heterocycles. The van der Waals surface area contributed by atoms with Gasteiger partial charge in [-0.15, -0.1) is 0 Å². The highest BCUT2D eigenvalue weighted by molar-refractivity contribution is 14.1. The molecule has 4 nitrogen and oxygen atoms in total. The third-order valence-corrected chi connectivity index (χ3v) is 2.62. The van der Waals surface area contributed by atoms with Crippen LogP contribution in [-0.2, 0) is 0 Å². The largest absolute Gasteiger partial charge is 0.230 e. The zero-order valence-electron chi connectivity index (χ0n) is 6.23. The van der Waals surface area contributed by atoms with E-state index in [1.54, 1.807) is 10.9 Å². The molecule has 0 aliphatic heterocycles. The van der Waals surface area contributed by atoms with Crippen LogP contribution < -0.4 is 0 Å². The molecular formula is C6H5IN4S. The summed E-state index contributed by atoms with van der Waals surface area (Å²) in [7, 11) is 0. The van der Waals surface area contributed by atoms with Crippen molar-refractivity contribution in [3.05, 3.63) is 21.8 Å². The minimum absolute atomic E-state index is 0.792. The summed E-state index contributed by atoms with van der Waals surface area (Å²) in [4.78, 5) is 4.20. The number of hydrogen-bond acceptors (Lipinski definition) is 4. The van der Waals surface area contributed by atoms with Gasteiger partial charge in [0.05, 0.1) is 9.77 Å². The van der Waals surface area contributed by atoms with Crippen LogP contribution in [0.1, 0.15) is 5.82 Å². The van der Waals surface area contributed by atoms with E-state index in [4.69, 9.17) is 0 Å². The fourth-order valence-corrected chi connectivity index (χ4v) is 1.78. The maximum Gasteiger partial charge on any atom is 0.230 e. The first-order chi connectivity index (χ1) is 5.75. The molecule has 0 aliphatic carbocycles. The predicted molar refractivity (Wildman–Crippen MR) is 54.5 cm³/mol. The Bertz CT molecular complexity index is 355. The molecule has 0 fully saturated rings. The average Bonchev–Trinajstić information content (AvgIpc) is 2.58. The first-order valence-electron chi connectivity index (χ1n) is 3.26. The number of aromatic nitrogens is 4. The van der Waals surface area contributed by atoms with Crippen LogP contribution in [0.2, 0.25) is 0 Å². The van der Waals surface area contributed by atoms with Crippen LogP contribution in [0.15, 0.2) is 12.4 Å². The number of hydrogen-bond donors (Lipinski definition) is 0. The minimum atomic E-state index is 0.792. The molecule has 12 heavy (non-hydrogen) atoms.